The van der Waals surface area contributed by atoms with E-state index in [2.05, 4.69) is 55.4 Å². The van der Waals surface area contributed by atoms with E-state index < -0.39 is 129 Å². The predicted molar refractivity (Wildman–Crippen MR) is 230 cm³/mol. The quantitative estimate of drug-likeness (QED) is 0.134. The van der Waals surface area contributed by atoms with Crippen molar-refractivity contribution in [3.63, 3.8) is 0 Å². The minimum atomic E-state index is -1.79. The van der Waals surface area contributed by atoms with Crippen LogP contribution in [0.5, 0.6) is 0 Å². The fraction of sp³-hybridized carbons (Fsp3) is 1.00. The van der Waals surface area contributed by atoms with Crippen molar-refractivity contribution in [2.75, 3.05) is 19.8 Å². The lowest BCUT2D eigenvalue weighted by molar-refractivity contribution is -0.369. The van der Waals surface area contributed by atoms with E-state index in [0.717, 1.165) is 32.1 Å². The van der Waals surface area contributed by atoms with E-state index in [1.165, 1.54) is 0 Å². The van der Waals surface area contributed by atoms with Gasteiger partial charge >= 0.3 is 0 Å². The van der Waals surface area contributed by atoms with Crippen LogP contribution in [0.3, 0.4) is 0 Å². The molecule has 5 aliphatic carbocycles. The molecule has 21 unspecified atom stereocenters. The van der Waals surface area contributed by atoms with Gasteiger partial charge in [-0.2, -0.15) is 0 Å². The summed E-state index contributed by atoms with van der Waals surface area (Å²) in [6.07, 6.45) is -16.1. The summed E-state index contributed by atoms with van der Waals surface area (Å²) in [5.74, 6) is -0.296. The van der Waals surface area contributed by atoms with Crippen molar-refractivity contribution in [1.82, 2.24) is 0 Å². The number of ether oxygens (including phenoxy) is 7. The van der Waals surface area contributed by atoms with Gasteiger partial charge in [-0.05, 0) is 109 Å². The van der Waals surface area contributed by atoms with Gasteiger partial charge in [-0.1, -0.05) is 48.5 Å². The molecule has 0 aromatic rings. The van der Waals surface area contributed by atoms with Crippen molar-refractivity contribution in [2.24, 2.45) is 50.2 Å². The zero-order chi connectivity index (χ0) is 48.1. The standard InChI is InChI=1S/C48H80O18/c1-42(2,3)27-9-11-46(8,66-27)37-21(51)16-45(7)26-15-23(61-39-34(58)32(56)30(54)24(17-49)62-39)38-43(4,5)28(10-12-48(38)20-47(26,48)14-13-44(37,45)6)64-41-36(29(53)22(52)19-60-41)65-40-35(59)33(57)31(55)25(18-50)63-40/h21-41,49-59H,9-20H2,1-8H3/t21-,22?,23-,24?,25?,26?,27?,28-,29?,30?,31?,32?,33?,34?,35?,36?,37?,38?,39?,40?,41?,44+,45-,46?,47?,48?/m0/s1. The van der Waals surface area contributed by atoms with E-state index in [1.807, 2.05) is 0 Å². The topological polar surface area (TPSA) is 287 Å². The second-order valence-corrected chi connectivity index (χ2v) is 24.6. The van der Waals surface area contributed by atoms with Crippen LogP contribution in [0, 0.1) is 50.2 Å². The van der Waals surface area contributed by atoms with Gasteiger partial charge in [0.25, 0.3) is 0 Å². The Morgan fingerprint density at radius 1 is 0.591 bits per heavy atom. The van der Waals surface area contributed by atoms with Crippen LogP contribution in [-0.2, 0) is 33.2 Å². The minimum absolute atomic E-state index is 0.0480. The highest BCUT2D eigenvalue weighted by atomic mass is 16.8. The Morgan fingerprint density at radius 2 is 1.20 bits per heavy atom. The van der Waals surface area contributed by atoms with Crippen molar-refractivity contribution in [2.45, 2.75) is 229 Å². The molecule has 0 amide bonds. The molecule has 380 valence electrons. The lowest BCUT2D eigenvalue weighted by Crippen LogP contribution is -2.66. The van der Waals surface area contributed by atoms with Crippen molar-refractivity contribution in [3.8, 4) is 0 Å². The maximum atomic E-state index is 12.4. The first-order chi connectivity index (χ1) is 30.7. The third-order valence-electron chi connectivity index (χ3n) is 19.9. The molecule has 4 heterocycles. The van der Waals surface area contributed by atoms with Crippen LogP contribution in [-0.4, -0.2) is 192 Å². The summed E-state index contributed by atoms with van der Waals surface area (Å²) in [6, 6.07) is 0. The third kappa shape index (κ3) is 7.31. The van der Waals surface area contributed by atoms with Crippen LogP contribution in [0.1, 0.15) is 113 Å². The summed E-state index contributed by atoms with van der Waals surface area (Å²) in [5.41, 5.74) is -2.38. The van der Waals surface area contributed by atoms with Crippen LogP contribution >= 0.6 is 0 Å². The highest BCUT2D eigenvalue weighted by molar-refractivity contribution is 5.33. The molecule has 18 nitrogen and oxygen atoms in total. The third-order valence-corrected chi connectivity index (χ3v) is 19.9. The van der Waals surface area contributed by atoms with Gasteiger partial charge in [-0.15, -0.1) is 0 Å². The highest BCUT2D eigenvalue weighted by Crippen LogP contribution is 2.89. The van der Waals surface area contributed by atoms with Gasteiger partial charge in [0, 0.05) is 5.92 Å². The normalized spacial score (nSPS) is 58.0. The predicted octanol–water partition coefficient (Wildman–Crippen LogP) is -0.176. The molecule has 9 aliphatic rings. The van der Waals surface area contributed by atoms with Gasteiger partial charge in [-0.3, -0.25) is 0 Å². The molecule has 4 aliphatic heterocycles. The van der Waals surface area contributed by atoms with E-state index in [9.17, 15) is 56.2 Å². The average molecular weight is 945 g/mol. The molecule has 0 aromatic carbocycles. The Morgan fingerprint density at radius 3 is 1.77 bits per heavy atom. The van der Waals surface area contributed by atoms with E-state index in [-0.39, 0.29) is 57.5 Å². The molecule has 9 rings (SSSR count). The zero-order valence-electron chi connectivity index (χ0n) is 39.9. The number of aliphatic hydroxyl groups is 11. The Kier molecular flexibility index (Phi) is 12.9. The molecule has 4 saturated heterocycles. The van der Waals surface area contributed by atoms with E-state index in [1.54, 1.807) is 0 Å². The van der Waals surface area contributed by atoms with Crippen LogP contribution < -0.4 is 0 Å². The number of rotatable bonds is 9. The molecule has 66 heavy (non-hydrogen) atoms. The molecule has 0 bridgehead atoms. The Hall–Kier alpha value is -0.720. The summed E-state index contributed by atoms with van der Waals surface area (Å²) in [7, 11) is 0. The fourth-order valence-corrected chi connectivity index (χ4v) is 16.4. The minimum Gasteiger partial charge on any atom is -0.394 e. The summed E-state index contributed by atoms with van der Waals surface area (Å²) < 4.78 is 44.6. The molecule has 11 N–H and O–H groups in total. The smallest absolute Gasteiger partial charge is 0.187 e. The van der Waals surface area contributed by atoms with Gasteiger partial charge in [-0.25, -0.2) is 0 Å². The molecule has 5 saturated carbocycles. The Bertz CT molecular complexity index is 1760. The van der Waals surface area contributed by atoms with Crippen molar-refractivity contribution in [1.29, 1.82) is 0 Å². The number of aliphatic hydroxyl groups excluding tert-OH is 11. The number of hydrogen-bond donors (Lipinski definition) is 11. The summed E-state index contributed by atoms with van der Waals surface area (Å²) in [6.45, 7) is 16.1. The molecule has 2 spiro atoms. The van der Waals surface area contributed by atoms with Gasteiger partial charge < -0.3 is 89.3 Å². The van der Waals surface area contributed by atoms with Gasteiger partial charge in [0.1, 0.15) is 67.1 Å². The maximum Gasteiger partial charge on any atom is 0.187 e. The average Bonchev–Trinajstić information content (AvgIpc) is 3.62. The van der Waals surface area contributed by atoms with Gasteiger partial charge in [0.05, 0.1) is 49.8 Å². The SMILES string of the molecule is CC(C)(C)C1CCC(C)(C2[C@@H](O)C[C@@]3(C)C4C[C@H](OC5OC(CO)C(O)C(O)C5O)C5C(C)(C)[C@@H](OC6OCC(O)C(O)C6OC6OC(CO)C(O)C(O)C6O)CCC56CC46CC[C@]23C)O1. The molecular formula is C48H80O18. The first-order valence-corrected chi connectivity index (χ1v) is 24.7. The molecule has 0 aromatic heterocycles. The van der Waals surface area contributed by atoms with Crippen LogP contribution in [0.2, 0.25) is 0 Å². The van der Waals surface area contributed by atoms with E-state index >= 15 is 0 Å². The first-order valence-electron chi connectivity index (χ1n) is 24.7. The second kappa shape index (κ2) is 16.9. The number of fused-ring (bicyclic) bond motifs is 2. The van der Waals surface area contributed by atoms with Gasteiger partial charge in [0.2, 0.25) is 0 Å². The Labute approximate surface area is 387 Å². The Balaban J connectivity index is 1.04. The molecular weight excluding hydrogens is 865 g/mol. The lowest BCUT2D eigenvalue weighted by Gasteiger charge is -2.65. The van der Waals surface area contributed by atoms with Crippen molar-refractivity contribution < 1.29 is 89.3 Å². The van der Waals surface area contributed by atoms with Crippen LogP contribution in [0.15, 0.2) is 0 Å². The number of hydrogen-bond acceptors (Lipinski definition) is 18. The van der Waals surface area contributed by atoms with Crippen LogP contribution in [0.4, 0.5) is 0 Å². The summed E-state index contributed by atoms with van der Waals surface area (Å²) in [5, 5.41) is 119. The summed E-state index contributed by atoms with van der Waals surface area (Å²) >= 11 is 0. The van der Waals surface area contributed by atoms with Gasteiger partial charge in [0.15, 0.2) is 18.9 Å². The van der Waals surface area contributed by atoms with Crippen molar-refractivity contribution >= 4 is 0 Å². The monoisotopic (exact) mass is 945 g/mol. The highest BCUT2D eigenvalue weighted by Gasteiger charge is 2.85. The molecule has 18 heteroatoms. The van der Waals surface area contributed by atoms with E-state index in [0.29, 0.717) is 25.7 Å². The van der Waals surface area contributed by atoms with Crippen molar-refractivity contribution in [3.05, 3.63) is 0 Å². The first kappa shape index (κ1) is 50.2. The lowest BCUT2D eigenvalue weighted by atomic mass is 9.41. The van der Waals surface area contributed by atoms with E-state index in [4.69, 9.17) is 33.2 Å². The summed E-state index contributed by atoms with van der Waals surface area (Å²) in [4.78, 5) is 0. The molecule has 0 radical (unpaired) electrons. The second-order valence-electron chi connectivity index (χ2n) is 24.6. The zero-order valence-corrected chi connectivity index (χ0v) is 39.9. The maximum absolute atomic E-state index is 12.4. The largest absolute Gasteiger partial charge is 0.394 e. The van der Waals surface area contributed by atoms with Crippen LogP contribution in [0.25, 0.3) is 0 Å². The molecule has 9 fully saturated rings. The molecule has 26 atom stereocenters. The fourth-order valence-electron chi connectivity index (χ4n) is 16.4.